The smallest absolute Gasteiger partial charge is 0.327 e. The molecule has 0 amide bonds. The molecule has 0 aliphatic heterocycles. The van der Waals surface area contributed by atoms with Gasteiger partial charge in [-0.05, 0) is 30.7 Å². The van der Waals surface area contributed by atoms with Crippen molar-refractivity contribution < 1.29 is 9.53 Å². The highest BCUT2D eigenvalue weighted by Gasteiger charge is 2.20. The van der Waals surface area contributed by atoms with E-state index in [4.69, 9.17) is 16.3 Å². The molecule has 1 atom stereocenters. The van der Waals surface area contributed by atoms with E-state index in [1.165, 1.54) is 7.11 Å². The normalized spacial score (nSPS) is 12.2. The molecule has 4 heteroatoms. The van der Waals surface area contributed by atoms with Crippen LogP contribution in [0.1, 0.15) is 24.9 Å². The van der Waals surface area contributed by atoms with E-state index in [0.29, 0.717) is 5.02 Å². The predicted molar refractivity (Wildman–Crippen MR) is 64.5 cm³/mol. The molecule has 0 aliphatic carbocycles. The molecule has 0 saturated carbocycles. The van der Waals surface area contributed by atoms with Gasteiger partial charge in [0.25, 0.3) is 0 Å². The molecule has 1 N–H and O–H groups in total. The molecule has 1 aromatic rings. The lowest BCUT2D eigenvalue weighted by Crippen LogP contribution is -2.30. The molecule has 0 bridgehead atoms. The predicted octanol–water partition coefficient (Wildman–Crippen LogP) is 2.55. The van der Waals surface area contributed by atoms with E-state index in [9.17, 15) is 4.79 Å². The Labute approximate surface area is 101 Å². The number of ether oxygens (including phenoxy) is 1. The summed E-state index contributed by atoms with van der Waals surface area (Å²) in [6.07, 6.45) is 0.952. The number of carbonyl (C=O) groups is 1. The second kappa shape index (κ2) is 6.51. The molecule has 1 unspecified atom stereocenters. The molecule has 3 nitrogen and oxygen atoms in total. The van der Waals surface area contributed by atoms with Gasteiger partial charge in [-0.3, -0.25) is 0 Å². The van der Waals surface area contributed by atoms with Crippen molar-refractivity contribution in [1.29, 1.82) is 0 Å². The van der Waals surface area contributed by atoms with Gasteiger partial charge in [-0.2, -0.15) is 0 Å². The summed E-state index contributed by atoms with van der Waals surface area (Å²) in [7, 11) is 1.38. The van der Waals surface area contributed by atoms with E-state index in [-0.39, 0.29) is 5.97 Å². The van der Waals surface area contributed by atoms with Crippen molar-refractivity contribution in [2.75, 3.05) is 13.7 Å². The fraction of sp³-hybridized carbons (Fsp3) is 0.417. The molecular formula is C12H16ClNO2. The first kappa shape index (κ1) is 13.0. The van der Waals surface area contributed by atoms with E-state index < -0.39 is 6.04 Å². The van der Waals surface area contributed by atoms with Crippen LogP contribution in [0.15, 0.2) is 24.3 Å². The molecule has 1 rings (SSSR count). The van der Waals surface area contributed by atoms with Crippen molar-refractivity contribution >= 4 is 17.6 Å². The van der Waals surface area contributed by atoms with Gasteiger partial charge in [0.15, 0.2) is 0 Å². The molecule has 0 saturated heterocycles. The molecule has 0 spiro atoms. The number of halogens is 1. The summed E-state index contributed by atoms with van der Waals surface area (Å²) in [4.78, 5) is 11.6. The van der Waals surface area contributed by atoms with Gasteiger partial charge in [-0.15, -0.1) is 0 Å². The first-order valence-electron chi connectivity index (χ1n) is 5.25. The Morgan fingerprint density at radius 1 is 1.56 bits per heavy atom. The number of nitrogens with one attached hydrogen (secondary N) is 1. The largest absolute Gasteiger partial charge is 0.468 e. The Balaban J connectivity index is 2.87. The van der Waals surface area contributed by atoms with Gasteiger partial charge in [0.2, 0.25) is 0 Å². The van der Waals surface area contributed by atoms with Gasteiger partial charge in [-0.1, -0.05) is 30.7 Å². The number of benzene rings is 1. The molecule has 0 radical (unpaired) electrons. The standard InChI is InChI=1S/C12H16ClNO2/c1-3-7-14-11(12(15)16-2)9-5-4-6-10(13)8-9/h4-6,8,11,14H,3,7H2,1-2H3. The molecule has 0 aromatic heterocycles. The van der Waals surface area contributed by atoms with Crippen LogP contribution in [-0.2, 0) is 9.53 Å². The third-order valence-electron chi connectivity index (χ3n) is 2.22. The van der Waals surface area contributed by atoms with Gasteiger partial charge < -0.3 is 10.1 Å². The molecule has 88 valence electrons. The lowest BCUT2D eigenvalue weighted by molar-refractivity contribution is -0.143. The van der Waals surface area contributed by atoms with Crippen LogP contribution < -0.4 is 5.32 Å². The van der Waals surface area contributed by atoms with Crippen LogP contribution in [0.25, 0.3) is 0 Å². The van der Waals surface area contributed by atoms with Crippen molar-refractivity contribution in [3.05, 3.63) is 34.9 Å². The lowest BCUT2D eigenvalue weighted by Gasteiger charge is -2.16. The summed E-state index contributed by atoms with van der Waals surface area (Å²) in [5, 5.41) is 3.75. The summed E-state index contributed by atoms with van der Waals surface area (Å²) in [6, 6.07) is 6.78. The number of carbonyl (C=O) groups excluding carboxylic acids is 1. The highest BCUT2D eigenvalue weighted by atomic mass is 35.5. The molecule has 0 fully saturated rings. The van der Waals surface area contributed by atoms with Crippen molar-refractivity contribution in [2.45, 2.75) is 19.4 Å². The topological polar surface area (TPSA) is 38.3 Å². The molecule has 16 heavy (non-hydrogen) atoms. The van der Waals surface area contributed by atoms with E-state index in [1.54, 1.807) is 12.1 Å². The average molecular weight is 242 g/mol. The number of hydrogen-bond donors (Lipinski definition) is 1. The third-order valence-corrected chi connectivity index (χ3v) is 2.45. The van der Waals surface area contributed by atoms with Gasteiger partial charge in [0.05, 0.1) is 7.11 Å². The zero-order chi connectivity index (χ0) is 12.0. The van der Waals surface area contributed by atoms with Gasteiger partial charge in [0.1, 0.15) is 6.04 Å². The summed E-state index contributed by atoms with van der Waals surface area (Å²) in [6.45, 7) is 2.80. The SMILES string of the molecule is CCCNC(C(=O)OC)c1cccc(Cl)c1. The summed E-state index contributed by atoms with van der Waals surface area (Å²) in [5.41, 5.74) is 0.827. The number of hydrogen-bond acceptors (Lipinski definition) is 3. The van der Waals surface area contributed by atoms with Crippen molar-refractivity contribution in [1.82, 2.24) is 5.32 Å². The van der Waals surface area contributed by atoms with Crippen molar-refractivity contribution in [2.24, 2.45) is 0 Å². The number of esters is 1. The Kier molecular flexibility index (Phi) is 5.29. The molecule has 0 aliphatic rings. The first-order valence-corrected chi connectivity index (χ1v) is 5.63. The van der Waals surface area contributed by atoms with Crippen LogP contribution in [0.4, 0.5) is 0 Å². The van der Waals surface area contributed by atoms with Crippen molar-refractivity contribution in [3.8, 4) is 0 Å². The van der Waals surface area contributed by atoms with E-state index in [2.05, 4.69) is 5.32 Å². The Morgan fingerprint density at radius 3 is 2.88 bits per heavy atom. The first-order chi connectivity index (χ1) is 7.69. The number of rotatable bonds is 5. The van der Waals surface area contributed by atoms with Crippen LogP contribution in [0.5, 0.6) is 0 Å². The minimum Gasteiger partial charge on any atom is -0.468 e. The van der Waals surface area contributed by atoms with E-state index >= 15 is 0 Å². The average Bonchev–Trinajstić information content (AvgIpc) is 2.29. The molecule has 1 aromatic carbocycles. The van der Waals surface area contributed by atoms with Crippen LogP contribution in [0.2, 0.25) is 5.02 Å². The monoisotopic (exact) mass is 241 g/mol. The van der Waals surface area contributed by atoms with E-state index in [0.717, 1.165) is 18.5 Å². The lowest BCUT2D eigenvalue weighted by atomic mass is 10.1. The fourth-order valence-corrected chi connectivity index (χ4v) is 1.63. The summed E-state index contributed by atoms with van der Waals surface area (Å²) < 4.78 is 4.76. The maximum Gasteiger partial charge on any atom is 0.327 e. The minimum absolute atomic E-state index is 0.296. The minimum atomic E-state index is -0.441. The highest BCUT2D eigenvalue weighted by molar-refractivity contribution is 6.30. The van der Waals surface area contributed by atoms with Crippen LogP contribution >= 0.6 is 11.6 Å². The summed E-state index contributed by atoms with van der Waals surface area (Å²) >= 11 is 5.89. The van der Waals surface area contributed by atoms with Gasteiger partial charge >= 0.3 is 5.97 Å². The highest BCUT2D eigenvalue weighted by Crippen LogP contribution is 2.18. The van der Waals surface area contributed by atoms with Crippen LogP contribution in [0.3, 0.4) is 0 Å². The van der Waals surface area contributed by atoms with Crippen molar-refractivity contribution in [3.63, 3.8) is 0 Å². The maximum absolute atomic E-state index is 11.6. The Bertz CT molecular complexity index is 355. The van der Waals surface area contributed by atoms with Crippen LogP contribution in [-0.4, -0.2) is 19.6 Å². The third kappa shape index (κ3) is 3.51. The second-order valence-electron chi connectivity index (χ2n) is 3.47. The van der Waals surface area contributed by atoms with Gasteiger partial charge in [-0.25, -0.2) is 4.79 Å². The second-order valence-corrected chi connectivity index (χ2v) is 3.90. The molecular weight excluding hydrogens is 226 g/mol. The Morgan fingerprint density at radius 2 is 2.31 bits per heavy atom. The maximum atomic E-state index is 11.6. The van der Waals surface area contributed by atoms with Gasteiger partial charge in [0, 0.05) is 5.02 Å². The number of methoxy groups -OCH3 is 1. The zero-order valence-electron chi connectivity index (χ0n) is 9.50. The van der Waals surface area contributed by atoms with E-state index in [1.807, 2.05) is 19.1 Å². The quantitative estimate of drug-likeness (QED) is 0.806. The molecule has 0 heterocycles. The van der Waals surface area contributed by atoms with Crippen LogP contribution in [0, 0.1) is 0 Å². The fourth-order valence-electron chi connectivity index (χ4n) is 1.43. The zero-order valence-corrected chi connectivity index (χ0v) is 10.3. The summed E-state index contributed by atoms with van der Waals surface area (Å²) in [5.74, 6) is -0.296. The Hall–Kier alpha value is -1.06.